The Morgan fingerprint density at radius 2 is 1.83 bits per heavy atom. The number of rotatable bonds is 6. The molecule has 2 aromatic carbocycles. The van der Waals surface area contributed by atoms with Crippen LogP contribution >= 0.6 is 23.2 Å². The van der Waals surface area contributed by atoms with Gasteiger partial charge < -0.3 is 9.80 Å². The number of amides is 1. The number of carbonyl (C=O) groups is 1. The Morgan fingerprint density at radius 1 is 1.17 bits per heavy atom. The van der Waals surface area contributed by atoms with Crippen molar-refractivity contribution in [1.29, 1.82) is 0 Å². The van der Waals surface area contributed by atoms with E-state index in [-0.39, 0.29) is 10.9 Å². The van der Waals surface area contributed by atoms with Gasteiger partial charge in [0.1, 0.15) is 5.82 Å². The van der Waals surface area contributed by atoms with Crippen LogP contribution in [0.2, 0.25) is 10.0 Å². The van der Waals surface area contributed by atoms with Gasteiger partial charge >= 0.3 is 0 Å². The maximum absolute atomic E-state index is 14.2. The number of hydrogen-bond donors (Lipinski definition) is 0. The third-order valence-electron chi connectivity index (χ3n) is 5.05. The maximum atomic E-state index is 14.2. The van der Waals surface area contributed by atoms with Gasteiger partial charge in [-0.2, -0.15) is 0 Å². The first kappa shape index (κ1) is 23.2. The molecule has 0 heterocycles. The largest absolute Gasteiger partial charge is 0.366 e. The number of carbonyl (C=O) groups excluding carboxylic acids is 1. The van der Waals surface area contributed by atoms with Gasteiger partial charge in [-0.1, -0.05) is 35.3 Å². The minimum atomic E-state index is -1.20. The van der Waals surface area contributed by atoms with Gasteiger partial charge in [0.05, 0.1) is 22.5 Å². The zero-order chi connectivity index (χ0) is 21.9. The summed E-state index contributed by atoms with van der Waals surface area (Å²) in [7, 11) is 5.25. The van der Waals surface area contributed by atoms with Crippen LogP contribution in [0.15, 0.2) is 35.3 Å². The second kappa shape index (κ2) is 9.14. The van der Waals surface area contributed by atoms with Gasteiger partial charge in [0.15, 0.2) is 0 Å². The van der Waals surface area contributed by atoms with Crippen LogP contribution < -0.4 is 0 Å². The average molecular weight is 438 g/mol. The predicted molar refractivity (Wildman–Crippen MR) is 119 cm³/mol. The predicted octanol–water partition coefficient (Wildman–Crippen LogP) is 5.45. The summed E-state index contributed by atoms with van der Waals surface area (Å²) in [6.07, 6.45) is 1.73. The highest BCUT2D eigenvalue weighted by molar-refractivity contribution is 6.32. The van der Waals surface area contributed by atoms with Crippen LogP contribution in [0.25, 0.3) is 0 Å². The maximum Gasteiger partial charge on any atom is 0.236 e. The van der Waals surface area contributed by atoms with E-state index in [1.165, 1.54) is 17.0 Å². The van der Waals surface area contributed by atoms with Crippen molar-refractivity contribution in [3.8, 4) is 0 Å². The van der Waals surface area contributed by atoms with Gasteiger partial charge in [-0.15, -0.1) is 0 Å². The zero-order valence-corrected chi connectivity index (χ0v) is 19.1. The molecule has 0 aliphatic rings. The van der Waals surface area contributed by atoms with E-state index >= 15 is 0 Å². The lowest BCUT2D eigenvalue weighted by Crippen LogP contribution is -2.42. The van der Waals surface area contributed by atoms with Crippen LogP contribution in [0.5, 0.6) is 0 Å². The molecular weight excluding hydrogens is 412 g/mol. The van der Waals surface area contributed by atoms with E-state index in [1.807, 2.05) is 31.9 Å². The van der Waals surface area contributed by atoms with E-state index in [0.29, 0.717) is 21.8 Å². The highest BCUT2D eigenvalue weighted by Gasteiger charge is 2.40. The fraction of sp³-hybridized carbons (Fsp3) is 0.364. The molecule has 156 valence electrons. The summed E-state index contributed by atoms with van der Waals surface area (Å²) in [5, 5.41) is 0.385. The van der Waals surface area contributed by atoms with E-state index in [0.717, 1.165) is 12.1 Å². The molecule has 0 spiro atoms. The lowest BCUT2D eigenvalue weighted by Gasteiger charge is -2.33. The average Bonchev–Trinajstić information content (AvgIpc) is 2.68. The first-order valence-corrected chi connectivity index (χ1v) is 10.00. The van der Waals surface area contributed by atoms with Crippen molar-refractivity contribution < 1.29 is 9.18 Å². The normalized spacial score (nSPS) is 13.4. The highest BCUT2D eigenvalue weighted by atomic mass is 35.5. The number of nitrogens with zero attached hydrogens (tertiary/aromatic N) is 3. The van der Waals surface area contributed by atoms with Crippen molar-refractivity contribution in [2.75, 3.05) is 27.7 Å². The lowest BCUT2D eigenvalue weighted by molar-refractivity contribution is -0.132. The fourth-order valence-corrected chi connectivity index (χ4v) is 3.55. The van der Waals surface area contributed by atoms with Gasteiger partial charge in [-0.3, -0.25) is 4.79 Å². The van der Waals surface area contributed by atoms with Crippen molar-refractivity contribution in [3.05, 3.63) is 62.9 Å². The molecule has 1 unspecified atom stereocenters. The van der Waals surface area contributed by atoms with Gasteiger partial charge in [0.25, 0.3) is 0 Å². The standard InChI is InChI=1S/C22H26Cl2FN3O/c1-7-28(6)13-26-20-12-18(24)16(10-14(20)2)22(3,21(29)27(4)5)15-8-9-17(23)19(25)11-15/h8-13H,7H2,1-6H3/b26-13+. The quantitative estimate of drug-likeness (QED) is 0.445. The molecule has 2 rings (SSSR count). The highest BCUT2D eigenvalue weighted by Crippen LogP contribution is 2.41. The molecule has 0 aliphatic carbocycles. The summed E-state index contributed by atoms with van der Waals surface area (Å²) < 4.78 is 14.2. The minimum Gasteiger partial charge on any atom is -0.366 e. The number of hydrogen-bond acceptors (Lipinski definition) is 2. The number of halogens is 3. The molecule has 1 amide bonds. The molecular formula is C22H26Cl2FN3O. The monoisotopic (exact) mass is 437 g/mol. The molecule has 0 bridgehead atoms. The van der Waals surface area contributed by atoms with Crippen molar-refractivity contribution in [2.45, 2.75) is 26.2 Å². The van der Waals surface area contributed by atoms with Crippen molar-refractivity contribution in [3.63, 3.8) is 0 Å². The Balaban J connectivity index is 2.69. The summed E-state index contributed by atoms with van der Waals surface area (Å²) in [6, 6.07) is 7.97. The topological polar surface area (TPSA) is 35.9 Å². The summed E-state index contributed by atoms with van der Waals surface area (Å²) >= 11 is 12.5. The van der Waals surface area contributed by atoms with E-state index in [1.54, 1.807) is 39.5 Å². The number of aryl methyl sites for hydroxylation is 1. The Hall–Kier alpha value is -2.11. The fourth-order valence-electron chi connectivity index (χ4n) is 3.08. The molecule has 1 atom stereocenters. The number of likely N-dealkylation sites (N-methyl/N-ethyl adjacent to an activating group) is 1. The van der Waals surface area contributed by atoms with Crippen molar-refractivity contribution in [1.82, 2.24) is 9.80 Å². The Morgan fingerprint density at radius 3 is 2.38 bits per heavy atom. The van der Waals surface area contributed by atoms with E-state index in [4.69, 9.17) is 23.2 Å². The van der Waals surface area contributed by atoms with Crippen molar-refractivity contribution >= 4 is 41.1 Å². The summed E-state index contributed by atoms with van der Waals surface area (Å²) in [6.45, 7) is 6.50. The van der Waals surface area contributed by atoms with E-state index in [9.17, 15) is 9.18 Å². The molecule has 0 fully saturated rings. The molecule has 2 aromatic rings. The molecule has 0 saturated carbocycles. The molecule has 0 saturated heterocycles. The molecule has 0 radical (unpaired) electrons. The van der Waals surface area contributed by atoms with Gasteiger partial charge in [0.2, 0.25) is 5.91 Å². The Labute approximate surface area is 181 Å². The van der Waals surface area contributed by atoms with Gasteiger partial charge in [-0.25, -0.2) is 9.38 Å². The second-order valence-electron chi connectivity index (χ2n) is 7.39. The third-order valence-corrected chi connectivity index (χ3v) is 5.67. The van der Waals surface area contributed by atoms with Crippen LogP contribution in [0, 0.1) is 12.7 Å². The third kappa shape index (κ3) is 4.73. The minimum absolute atomic E-state index is 0.000378. The SMILES string of the molecule is CCN(C)/C=N/c1cc(Cl)c(C(C)(C(=O)N(C)C)c2ccc(Cl)c(F)c2)cc1C. The summed E-state index contributed by atoms with van der Waals surface area (Å²) in [4.78, 5) is 21.1. The first-order chi connectivity index (χ1) is 13.5. The summed E-state index contributed by atoms with van der Waals surface area (Å²) in [5.41, 5.74) is 1.43. The van der Waals surface area contributed by atoms with Gasteiger partial charge in [-0.05, 0) is 55.7 Å². The lowest BCUT2D eigenvalue weighted by atomic mass is 9.74. The van der Waals surface area contributed by atoms with Crippen LogP contribution in [-0.4, -0.2) is 49.7 Å². The molecule has 0 aromatic heterocycles. The Kier molecular flexibility index (Phi) is 7.30. The molecule has 7 heteroatoms. The van der Waals surface area contributed by atoms with Crippen LogP contribution in [-0.2, 0) is 10.2 Å². The zero-order valence-electron chi connectivity index (χ0n) is 17.6. The molecule has 0 N–H and O–H groups in total. The number of aliphatic imine (C=N–C) groups is 1. The van der Waals surface area contributed by atoms with Crippen molar-refractivity contribution in [2.24, 2.45) is 4.99 Å². The first-order valence-electron chi connectivity index (χ1n) is 9.24. The molecule has 29 heavy (non-hydrogen) atoms. The van der Waals surface area contributed by atoms with Crippen LogP contribution in [0.1, 0.15) is 30.5 Å². The number of benzene rings is 2. The van der Waals surface area contributed by atoms with Gasteiger partial charge in [0, 0.05) is 32.7 Å². The van der Waals surface area contributed by atoms with E-state index in [2.05, 4.69) is 4.99 Å². The van der Waals surface area contributed by atoms with E-state index < -0.39 is 11.2 Å². The Bertz CT molecular complexity index is 946. The molecule has 4 nitrogen and oxygen atoms in total. The van der Waals surface area contributed by atoms with Crippen LogP contribution in [0.4, 0.5) is 10.1 Å². The smallest absolute Gasteiger partial charge is 0.236 e. The van der Waals surface area contributed by atoms with Crippen LogP contribution in [0.3, 0.4) is 0 Å². The second-order valence-corrected chi connectivity index (χ2v) is 8.20. The summed E-state index contributed by atoms with van der Waals surface area (Å²) in [5.74, 6) is -0.805. The molecule has 0 aliphatic heterocycles.